The highest BCUT2D eigenvalue weighted by Gasteiger charge is 2.41. The first-order valence-electron chi connectivity index (χ1n) is 9.49. The molecule has 3 atom stereocenters. The van der Waals surface area contributed by atoms with Gasteiger partial charge in [-0.1, -0.05) is 48.5 Å². The second-order valence-electron chi connectivity index (χ2n) is 7.09. The maximum absolute atomic E-state index is 12.0. The summed E-state index contributed by atoms with van der Waals surface area (Å²) in [5.74, 6) is -0.470. The number of likely N-dealkylation sites (tertiary alicyclic amines) is 1. The standard InChI is InChI=1S/C22H28N2O2/c1-17(18-9-4-2-5-10-18)24-16-14-19(21(24)22(25)26)11-8-15-23-20-12-6-3-7-13-20/h2-7,9-10,12-13,17,19,21,23H,8,11,14-16H2,1H3,(H,25,26)/t17-,19+,21-/m0/s1. The molecule has 2 aromatic rings. The van der Waals surface area contributed by atoms with Gasteiger partial charge in [-0.2, -0.15) is 0 Å². The van der Waals surface area contributed by atoms with Crippen LogP contribution in [0.4, 0.5) is 5.69 Å². The van der Waals surface area contributed by atoms with Crippen molar-refractivity contribution in [1.29, 1.82) is 0 Å². The van der Waals surface area contributed by atoms with Gasteiger partial charge in [-0.25, -0.2) is 0 Å². The van der Waals surface area contributed by atoms with Gasteiger partial charge in [0.25, 0.3) is 0 Å². The van der Waals surface area contributed by atoms with Crippen LogP contribution in [0.2, 0.25) is 0 Å². The van der Waals surface area contributed by atoms with E-state index in [9.17, 15) is 9.90 Å². The fourth-order valence-corrected chi connectivity index (χ4v) is 4.04. The van der Waals surface area contributed by atoms with Gasteiger partial charge in [-0.15, -0.1) is 0 Å². The third-order valence-electron chi connectivity index (χ3n) is 5.45. The number of hydrogen-bond donors (Lipinski definition) is 2. The molecule has 0 aliphatic carbocycles. The van der Waals surface area contributed by atoms with Crippen molar-refractivity contribution < 1.29 is 9.90 Å². The van der Waals surface area contributed by atoms with E-state index >= 15 is 0 Å². The van der Waals surface area contributed by atoms with Gasteiger partial charge >= 0.3 is 5.97 Å². The number of aliphatic carboxylic acids is 1. The van der Waals surface area contributed by atoms with Crippen molar-refractivity contribution in [3.05, 3.63) is 66.2 Å². The Morgan fingerprint density at radius 1 is 1.15 bits per heavy atom. The molecule has 138 valence electrons. The minimum absolute atomic E-state index is 0.129. The average Bonchev–Trinajstić information content (AvgIpc) is 3.10. The highest BCUT2D eigenvalue weighted by molar-refractivity contribution is 5.74. The Morgan fingerprint density at radius 2 is 1.81 bits per heavy atom. The van der Waals surface area contributed by atoms with Crippen LogP contribution in [0, 0.1) is 5.92 Å². The van der Waals surface area contributed by atoms with Crippen molar-refractivity contribution in [2.45, 2.75) is 38.3 Å². The lowest BCUT2D eigenvalue weighted by atomic mass is 9.94. The third kappa shape index (κ3) is 4.44. The van der Waals surface area contributed by atoms with E-state index in [0.29, 0.717) is 0 Å². The molecule has 0 radical (unpaired) electrons. The first kappa shape index (κ1) is 18.5. The average molecular weight is 352 g/mol. The van der Waals surface area contributed by atoms with E-state index in [4.69, 9.17) is 0 Å². The summed E-state index contributed by atoms with van der Waals surface area (Å²) in [6.07, 6.45) is 2.88. The number of para-hydroxylation sites is 1. The lowest BCUT2D eigenvalue weighted by Crippen LogP contribution is -2.41. The molecule has 0 unspecified atom stereocenters. The van der Waals surface area contributed by atoms with Gasteiger partial charge in [0, 0.05) is 18.3 Å². The molecule has 2 N–H and O–H groups in total. The lowest BCUT2D eigenvalue weighted by Gasteiger charge is -2.30. The first-order chi connectivity index (χ1) is 12.7. The van der Waals surface area contributed by atoms with E-state index in [2.05, 4.69) is 41.4 Å². The zero-order valence-corrected chi connectivity index (χ0v) is 15.3. The van der Waals surface area contributed by atoms with Crippen molar-refractivity contribution in [3.63, 3.8) is 0 Å². The largest absolute Gasteiger partial charge is 0.480 e. The second-order valence-corrected chi connectivity index (χ2v) is 7.09. The molecular weight excluding hydrogens is 324 g/mol. The zero-order chi connectivity index (χ0) is 18.4. The molecule has 4 nitrogen and oxygen atoms in total. The van der Waals surface area contributed by atoms with Crippen LogP contribution in [0.3, 0.4) is 0 Å². The van der Waals surface area contributed by atoms with Crippen molar-refractivity contribution >= 4 is 11.7 Å². The van der Waals surface area contributed by atoms with E-state index in [1.807, 2.05) is 36.4 Å². The summed E-state index contributed by atoms with van der Waals surface area (Å²) in [5, 5.41) is 13.2. The first-order valence-corrected chi connectivity index (χ1v) is 9.49. The highest BCUT2D eigenvalue weighted by Crippen LogP contribution is 2.35. The maximum atomic E-state index is 12.0. The topological polar surface area (TPSA) is 52.6 Å². The molecule has 0 spiro atoms. The summed E-state index contributed by atoms with van der Waals surface area (Å²) in [7, 11) is 0. The van der Waals surface area contributed by atoms with Gasteiger partial charge in [0.05, 0.1) is 0 Å². The van der Waals surface area contributed by atoms with Crippen LogP contribution < -0.4 is 5.32 Å². The van der Waals surface area contributed by atoms with Crippen LogP contribution in [0.15, 0.2) is 60.7 Å². The molecule has 0 bridgehead atoms. The Morgan fingerprint density at radius 3 is 2.46 bits per heavy atom. The normalized spacial score (nSPS) is 21.4. The Labute approximate surface area is 155 Å². The van der Waals surface area contributed by atoms with Gasteiger partial charge in [-0.3, -0.25) is 9.69 Å². The third-order valence-corrected chi connectivity index (χ3v) is 5.45. The number of rotatable bonds is 8. The lowest BCUT2D eigenvalue weighted by molar-refractivity contribution is -0.144. The van der Waals surface area contributed by atoms with E-state index < -0.39 is 5.97 Å². The SMILES string of the molecule is C[C@@H](c1ccccc1)N1CC[C@@H](CCCNc2ccccc2)[C@H]1C(=O)O. The smallest absolute Gasteiger partial charge is 0.321 e. The molecule has 26 heavy (non-hydrogen) atoms. The van der Waals surface area contributed by atoms with Crippen molar-refractivity contribution in [1.82, 2.24) is 4.90 Å². The quantitative estimate of drug-likeness (QED) is 0.691. The Kier molecular flexibility index (Phi) is 6.29. The van der Waals surface area contributed by atoms with Crippen LogP contribution >= 0.6 is 0 Å². The van der Waals surface area contributed by atoms with Gasteiger partial charge < -0.3 is 10.4 Å². The molecule has 4 heteroatoms. The van der Waals surface area contributed by atoms with Gasteiger partial charge in [-0.05, 0) is 56.3 Å². The predicted molar refractivity (Wildman–Crippen MR) is 105 cm³/mol. The molecule has 1 fully saturated rings. The van der Waals surface area contributed by atoms with Crippen LogP contribution in [0.25, 0.3) is 0 Å². The Balaban J connectivity index is 1.55. The maximum Gasteiger partial charge on any atom is 0.321 e. The molecule has 3 rings (SSSR count). The van der Waals surface area contributed by atoms with Crippen LogP contribution in [-0.2, 0) is 4.79 Å². The van der Waals surface area contributed by atoms with E-state index in [1.54, 1.807) is 0 Å². The summed E-state index contributed by atoms with van der Waals surface area (Å²) in [4.78, 5) is 14.1. The van der Waals surface area contributed by atoms with Crippen LogP contribution in [-0.4, -0.2) is 35.1 Å². The van der Waals surface area contributed by atoms with Gasteiger partial charge in [0.15, 0.2) is 0 Å². The van der Waals surface area contributed by atoms with Crippen molar-refractivity contribution in [2.24, 2.45) is 5.92 Å². The molecule has 2 aromatic carbocycles. The minimum Gasteiger partial charge on any atom is -0.480 e. The predicted octanol–water partition coefficient (Wildman–Crippen LogP) is 4.42. The molecule has 1 aliphatic heterocycles. The van der Waals surface area contributed by atoms with Crippen LogP contribution in [0.5, 0.6) is 0 Å². The molecule has 0 saturated carbocycles. The van der Waals surface area contributed by atoms with E-state index in [1.165, 1.54) is 5.56 Å². The summed E-state index contributed by atoms with van der Waals surface area (Å²) in [5.41, 5.74) is 2.30. The molecular formula is C22H28N2O2. The molecule has 1 saturated heterocycles. The fraction of sp³-hybridized carbons (Fsp3) is 0.409. The number of carboxylic acids is 1. The zero-order valence-electron chi connectivity index (χ0n) is 15.3. The van der Waals surface area contributed by atoms with Crippen LogP contribution in [0.1, 0.15) is 37.8 Å². The van der Waals surface area contributed by atoms with Crippen molar-refractivity contribution in [2.75, 3.05) is 18.4 Å². The number of benzene rings is 2. The van der Waals surface area contributed by atoms with Crippen molar-refractivity contribution in [3.8, 4) is 0 Å². The minimum atomic E-state index is -0.689. The molecule has 0 amide bonds. The Hall–Kier alpha value is -2.33. The van der Waals surface area contributed by atoms with E-state index in [0.717, 1.165) is 38.0 Å². The number of nitrogens with zero attached hydrogens (tertiary/aromatic N) is 1. The fourth-order valence-electron chi connectivity index (χ4n) is 4.04. The number of carboxylic acid groups (broad SMARTS) is 1. The Bertz CT molecular complexity index is 690. The molecule has 1 aliphatic rings. The molecule has 0 aromatic heterocycles. The van der Waals surface area contributed by atoms with Gasteiger partial charge in [0.1, 0.15) is 6.04 Å². The highest BCUT2D eigenvalue weighted by atomic mass is 16.4. The monoisotopic (exact) mass is 352 g/mol. The summed E-state index contributed by atoms with van der Waals surface area (Å²) in [6, 6.07) is 20.1. The summed E-state index contributed by atoms with van der Waals surface area (Å²) < 4.78 is 0. The summed E-state index contributed by atoms with van der Waals surface area (Å²) >= 11 is 0. The van der Waals surface area contributed by atoms with E-state index in [-0.39, 0.29) is 18.0 Å². The second kappa shape index (κ2) is 8.86. The number of nitrogens with one attached hydrogen (secondary N) is 1. The number of hydrogen-bond acceptors (Lipinski definition) is 3. The number of anilines is 1. The summed E-state index contributed by atoms with van der Waals surface area (Å²) in [6.45, 7) is 3.84. The number of carbonyl (C=O) groups is 1. The molecule has 1 heterocycles. The van der Waals surface area contributed by atoms with Gasteiger partial charge in [0.2, 0.25) is 0 Å².